The van der Waals surface area contributed by atoms with Gasteiger partial charge in [0.05, 0.1) is 6.10 Å². The van der Waals surface area contributed by atoms with Gasteiger partial charge in [-0.2, -0.15) is 0 Å². The molecule has 0 aromatic heterocycles. The third-order valence-electron chi connectivity index (χ3n) is 5.06. The van der Waals surface area contributed by atoms with Gasteiger partial charge >= 0.3 is 0 Å². The highest BCUT2D eigenvalue weighted by molar-refractivity contribution is 6.31. The average Bonchev–Trinajstić information content (AvgIpc) is 3.39. The van der Waals surface area contributed by atoms with E-state index in [0.29, 0.717) is 12.6 Å². The first-order valence-electron chi connectivity index (χ1n) is 8.42. The van der Waals surface area contributed by atoms with Crippen molar-refractivity contribution in [3.05, 3.63) is 34.9 Å². The van der Waals surface area contributed by atoms with Gasteiger partial charge in [0.1, 0.15) is 0 Å². The summed E-state index contributed by atoms with van der Waals surface area (Å²) in [5.74, 6) is 0.254. The van der Waals surface area contributed by atoms with Crippen LogP contribution in [0.1, 0.15) is 37.7 Å². The fourth-order valence-corrected chi connectivity index (χ4v) is 3.66. The van der Waals surface area contributed by atoms with E-state index in [1.165, 1.54) is 0 Å². The zero-order valence-electron chi connectivity index (χ0n) is 14.0. The van der Waals surface area contributed by atoms with Gasteiger partial charge in [-0.1, -0.05) is 29.8 Å². The number of methoxy groups -OCH3 is 1. The Kier molecular flexibility index (Phi) is 6.93. The van der Waals surface area contributed by atoms with Gasteiger partial charge in [0.2, 0.25) is 5.91 Å². The Labute approximate surface area is 155 Å². The molecule has 2 N–H and O–H groups in total. The summed E-state index contributed by atoms with van der Waals surface area (Å²) in [7, 11) is 1.68. The van der Waals surface area contributed by atoms with Crippen LogP contribution in [0.15, 0.2) is 24.3 Å². The SMILES string of the molecule is CO[C@@H]1C[C@@H](C(=O)N(Cc2ccccc2Cl)C2CC2)CC[C@H]1N.Cl. The molecule has 4 nitrogen and oxygen atoms in total. The molecule has 1 aromatic rings. The zero-order chi connectivity index (χ0) is 16.4. The number of halogens is 2. The minimum atomic E-state index is -0.0148. The highest BCUT2D eigenvalue weighted by Gasteiger charge is 2.39. The van der Waals surface area contributed by atoms with Gasteiger partial charge in [-0.3, -0.25) is 4.79 Å². The number of rotatable bonds is 5. The van der Waals surface area contributed by atoms with Gasteiger partial charge in [-0.25, -0.2) is 0 Å². The molecule has 0 radical (unpaired) electrons. The molecule has 24 heavy (non-hydrogen) atoms. The Bertz CT molecular complexity index is 566. The predicted octanol–water partition coefficient (Wildman–Crippen LogP) is 3.40. The maximum atomic E-state index is 13.1. The van der Waals surface area contributed by atoms with Crippen molar-refractivity contribution in [2.75, 3.05) is 7.11 Å². The highest BCUT2D eigenvalue weighted by atomic mass is 35.5. The number of hydrogen-bond acceptors (Lipinski definition) is 3. The first-order valence-corrected chi connectivity index (χ1v) is 8.80. The topological polar surface area (TPSA) is 55.6 Å². The fraction of sp³-hybridized carbons (Fsp3) is 0.611. The van der Waals surface area contributed by atoms with E-state index < -0.39 is 0 Å². The smallest absolute Gasteiger partial charge is 0.226 e. The molecule has 2 fully saturated rings. The lowest BCUT2D eigenvalue weighted by Gasteiger charge is -2.35. The van der Waals surface area contributed by atoms with Crippen LogP contribution in [-0.2, 0) is 16.1 Å². The van der Waals surface area contributed by atoms with Crippen LogP contribution in [0, 0.1) is 5.92 Å². The molecule has 3 atom stereocenters. The molecule has 0 saturated heterocycles. The Balaban J connectivity index is 0.00000208. The molecule has 0 bridgehead atoms. The number of benzene rings is 1. The molecular weight excluding hydrogens is 347 g/mol. The summed E-state index contributed by atoms with van der Waals surface area (Å²) >= 11 is 6.27. The summed E-state index contributed by atoms with van der Waals surface area (Å²) in [5, 5.41) is 0.728. The third kappa shape index (κ3) is 4.42. The lowest BCUT2D eigenvalue weighted by molar-refractivity contribution is -0.139. The van der Waals surface area contributed by atoms with Crippen molar-refractivity contribution in [1.82, 2.24) is 4.90 Å². The summed E-state index contributed by atoms with van der Waals surface area (Å²) < 4.78 is 5.46. The summed E-state index contributed by atoms with van der Waals surface area (Å²) in [6.45, 7) is 0.601. The van der Waals surface area contributed by atoms with Gasteiger partial charge in [0.25, 0.3) is 0 Å². The van der Waals surface area contributed by atoms with E-state index in [1.54, 1.807) is 7.11 Å². The van der Waals surface area contributed by atoms with E-state index in [1.807, 2.05) is 29.2 Å². The van der Waals surface area contributed by atoms with Crippen molar-refractivity contribution < 1.29 is 9.53 Å². The van der Waals surface area contributed by atoms with Crippen LogP contribution >= 0.6 is 24.0 Å². The second kappa shape index (κ2) is 8.52. The summed E-state index contributed by atoms with van der Waals surface area (Å²) in [6, 6.07) is 8.18. The first kappa shape index (κ1) is 19.5. The molecule has 134 valence electrons. The number of nitrogens with zero attached hydrogens (tertiary/aromatic N) is 1. The maximum Gasteiger partial charge on any atom is 0.226 e. The van der Waals surface area contributed by atoms with E-state index in [9.17, 15) is 4.79 Å². The Morgan fingerprint density at radius 3 is 2.62 bits per heavy atom. The molecule has 1 amide bonds. The number of carbonyl (C=O) groups is 1. The zero-order valence-corrected chi connectivity index (χ0v) is 15.6. The van der Waals surface area contributed by atoms with Gasteiger partial charge < -0.3 is 15.4 Å². The molecule has 3 rings (SSSR count). The molecule has 6 heteroatoms. The summed E-state index contributed by atoms with van der Waals surface area (Å²) in [4.78, 5) is 15.1. The number of carbonyl (C=O) groups excluding carboxylic acids is 1. The molecule has 2 aliphatic rings. The molecule has 2 aliphatic carbocycles. The van der Waals surface area contributed by atoms with Crippen molar-refractivity contribution in [2.45, 2.75) is 56.8 Å². The number of nitrogens with two attached hydrogens (primary N) is 1. The van der Waals surface area contributed by atoms with Crippen LogP contribution in [0.5, 0.6) is 0 Å². The van der Waals surface area contributed by atoms with Crippen molar-refractivity contribution in [3.63, 3.8) is 0 Å². The predicted molar refractivity (Wildman–Crippen MR) is 98.4 cm³/mol. The van der Waals surface area contributed by atoms with E-state index >= 15 is 0 Å². The molecule has 0 unspecified atom stereocenters. The number of amides is 1. The monoisotopic (exact) mass is 372 g/mol. The van der Waals surface area contributed by atoms with Gasteiger partial charge in [-0.15, -0.1) is 12.4 Å². The minimum absolute atomic E-state index is 0. The van der Waals surface area contributed by atoms with Crippen LogP contribution in [-0.4, -0.2) is 36.1 Å². The number of hydrogen-bond donors (Lipinski definition) is 1. The Morgan fingerprint density at radius 2 is 2.00 bits per heavy atom. The standard InChI is InChI=1S/C18H25ClN2O2.ClH/c1-23-17-10-12(6-9-16(17)20)18(22)21(14-7-8-14)11-13-4-2-3-5-15(13)19;/h2-5,12,14,16-17H,6-11,20H2,1H3;1H/t12-,16+,17+;/m0./s1. The number of ether oxygens (including phenoxy) is 1. The third-order valence-corrected chi connectivity index (χ3v) is 5.43. The summed E-state index contributed by atoms with van der Waals surface area (Å²) in [5.41, 5.74) is 7.09. The molecule has 0 spiro atoms. The van der Waals surface area contributed by atoms with Crippen LogP contribution in [0.25, 0.3) is 0 Å². The van der Waals surface area contributed by atoms with Crippen LogP contribution in [0.4, 0.5) is 0 Å². The first-order chi connectivity index (χ1) is 11.1. The normalized spacial score (nSPS) is 26.5. The van der Waals surface area contributed by atoms with Crippen molar-refractivity contribution in [2.24, 2.45) is 11.7 Å². The van der Waals surface area contributed by atoms with Crippen LogP contribution < -0.4 is 5.73 Å². The molecule has 1 aromatic carbocycles. The largest absolute Gasteiger partial charge is 0.380 e. The summed E-state index contributed by atoms with van der Waals surface area (Å²) in [6.07, 6.45) is 4.60. The second-order valence-corrected chi connectivity index (χ2v) is 7.14. The molecular formula is C18H26Cl2N2O2. The average molecular weight is 373 g/mol. The van der Waals surface area contributed by atoms with Gasteiger partial charge in [0.15, 0.2) is 0 Å². The quantitative estimate of drug-likeness (QED) is 0.861. The Hall–Kier alpha value is -0.810. The molecule has 0 heterocycles. The van der Waals surface area contributed by atoms with Gasteiger partial charge in [-0.05, 0) is 43.7 Å². The molecule has 2 saturated carbocycles. The fourth-order valence-electron chi connectivity index (χ4n) is 3.47. The lowest BCUT2D eigenvalue weighted by Crippen LogP contribution is -2.46. The van der Waals surface area contributed by atoms with E-state index in [2.05, 4.69) is 0 Å². The van der Waals surface area contributed by atoms with E-state index in [-0.39, 0.29) is 36.4 Å². The van der Waals surface area contributed by atoms with Crippen LogP contribution in [0.2, 0.25) is 5.02 Å². The van der Waals surface area contributed by atoms with Crippen molar-refractivity contribution in [1.29, 1.82) is 0 Å². The van der Waals surface area contributed by atoms with Crippen LogP contribution in [0.3, 0.4) is 0 Å². The lowest BCUT2D eigenvalue weighted by atomic mass is 9.83. The Morgan fingerprint density at radius 1 is 1.29 bits per heavy atom. The van der Waals surface area contributed by atoms with Gasteiger partial charge in [0, 0.05) is 36.7 Å². The van der Waals surface area contributed by atoms with Crippen molar-refractivity contribution in [3.8, 4) is 0 Å². The highest BCUT2D eigenvalue weighted by Crippen LogP contribution is 2.34. The minimum Gasteiger partial charge on any atom is -0.380 e. The maximum absolute atomic E-state index is 13.1. The molecule has 0 aliphatic heterocycles. The second-order valence-electron chi connectivity index (χ2n) is 6.74. The van der Waals surface area contributed by atoms with E-state index in [0.717, 1.165) is 42.7 Å². The van der Waals surface area contributed by atoms with Crippen molar-refractivity contribution >= 4 is 29.9 Å². The van der Waals surface area contributed by atoms with E-state index in [4.69, 9.17) is 22.1 Å².